The monoisotopic (exact) mass is 403 g/mol. The van der Waals surface area contributed by atoms with E-state index in [9.17, 15) is 0 Å². The predicted octanol–water partition coefficient (Wildman–Crippen LogP) is 5.28. The molecular weight excluding hydrogens is 393 g/mol. The summed E-state index contributed by atoms with van der Waals surface area (Å²) in [6.45, 7) is 2.37. The Morgan fingerprint density at radius 2 is 1.95 bits per heavy atom. The Balaban J connectivity index is 2.17. The molecule has 0 aliphatic carbocycles. The van der Waals surface area contributed by atoms with Crippen molar-refractivity contribution in [1.82, 2.24) is 0 Å². The van der Waals surface area contributed by atoms with Crippen LogP contribution in [0.15, 0.2) is 34.8 Å². The first-order valence-electron chi connectivity index (χ1n) is 6.05. The molecule has 2 rings (SSSR count). The van der Waals surface area contributed by atoms with Crippen molar-refractivity contribution in [3.63, 3.8) is 0 Å². The molecule has 0 aromatic heterocycles. The normalized spacial score (nSPS) is 10.5. The zero-order valence-corrected chi connectivity index (χ0v) is 15.0. The molecule has 0 unspecified atom stereocenters. The van der Waals surface area contributed by atoms with E-state index in [1.807, 2.05) is 25.1 Å². The molecular formula is C15H12BrCl2NOS. The molecule has 0 heterocycles. The summed E-state index contributed by atoms with van der Waals surface area (Å²) < 4.78 is 6.47. The van der Waals surface area contributed by atoms with E-state index in [0.29, 0.717) is 27.4 Å². The van der Waals surface area contributed by atoms with Gasteiger partial charge in [0.15, 0.2) is 0 Å². The van der Waals surface area contributed by atoms with Gasteiger partial charge in [-0.1, -0.05) is 47.6 Å². The maximum Gasteiger partial charge on any atom is 0.139 e. The lowest BCUT2D eigenvalue weighted by atomic mass is 10.1. The summed E-state index contributed by atoms with van der Waals surface area (Å²) in [6, 6.07) is 9.16. The second kappa shape index (κ2) is 6.97. The van der Waals surface area contributed by atoms with Crippen LogP contribution in [0.4, 0.5) is 0 Å². The first kappa shape index (κ1) is 16.6. The molecule has 0 saturated heterocycles. The Morgan fingerprint density at radius 3 is 2.57 bits per heavy atom. The smallest absolute Gasteiger partial charge is 0.139 e. The largest absolute Gasteiger partial charge is 0.487 e. The third kappa shape index (κ3) is 4.10. The predicted molar refractivity (Wildman–Crippen MR) is 95.6 cm³/mol. The molecule has 0 atom stereocenters. The van der Waals surface area contributed by atoms with Gasteiger partial charge in [-0.3, -0.25) is 0 Å². The fourth-order valence-electron chi connectivity index (χ4n) is 1.78. The van der Waals surface area contributed by atoms with Crippen molar-refractivity contribution in [1.29, 1.82) is 0 Å². The molecule has 0 fully saturated rings. The maximum atomic E-state index is 6.13. The number of benzene rings is 2. The van der Waals surface area contributed by atoms with Gasteiger partial charge < -0.3 is 10.5 Å². The van der Waals surface area contributed by atoms with Crippen LogP contribution in [0.1, 0.15) is 16.7 Å². The van der Waals surface area contributed by atoms with Crippen LogP contribution in [0.2, 0.25) is 10.0 Å². The van der Waals surface area contributed by atoms with Crippen LogP contribution < -0.4 is 10.5 Å². The van der Waals surface area contributed by atoms with Crippen LogP contribution in [0.25, 0.3) is 0 Å². The first-order valence-corrected chi connectivity index (χ1v) is 8.01. The standard InChI is InChI=1S/C15H12BrCl2NOS/c1-8-4-9(15(19)21)2-3-10(8)7-20-14-6-12(17)11(16)5-13(14)18/h2-6H,7H2,1H3,(H2,19,21). The van der Waals surface area contributed by atoms with Crippen molar-refractivity contribution >= 4 is 56.3 Å². The van der Waals surface area contributed by atoms with Gasteiger partial charge in [-0.15, -0.1) is 0 Å². The highest BCUT2D eigenvalue weighted by molar-refractivity contribution is 9.10. The number of hydrogen-bond acceptors (Lipinski definition) is 2. The second-order valence-corrected chi connectivity index (χ2v) is 6.60. The average Bonchev–Trinajstić information content (AvgIpc) is 2.42. The molecule has 0 bridgehead atoms. The molecule has 6 heteroatoms. The van der Waals surface area contributed by atoms with Gasteiger partial charge in [-0.25, -0.2) is 0 Å². The van der Waals surface area contributed by atoms with Gasteiger partial charge in [0.2, 0.25) is 0 Å². The van der Waals surface area contributed by atoms with E-state index >= 15 is 0 Å². The second-order valence-electron chi connectivity index (χ2n) is 4.49. The number of halogens is 3. The number of hydrogen-bond donors (Lipinski definition) is 1. The summed E-state index contributed by atoms with van der Waals surface area (Å²) in [4.78, 5) is 0.383. The molecule has 0 aliphatic heterocycles. The van der Waals surface area contributed by atoms with Crippen molar-refractivity contribution in [3.05, 3.63) is 61.5 Å². The number of rotatable bonds is 4. The summed E-state index contributed by atoms with van der Waals surface area (Å²) in [6.07, 6.45) is 0. The van der Waals surface area contributed by atoms with Crippen LogP contribution in [0.3, 0.4) is 0 Å². The van der Waals surface area contributed by atoms with Crippen molar-refractivity contribution in [3.8, 4) is 5.75 Å². The van der Waals surface area contributed by atoms with Gasteiger partial charge >= 0.3 is 0 Å². The van der Waals surface area contributed by atoms with Crippen LogP contribution in [-0.4, -0.2) is 4.99 Å². The fraction of sp³-hybridized carbons (Fsp3) is 0.133. The van der Waals surface area contributed by atoms with Crippen LogP contribution in [0, 0.1) is 6.92 Å². The summed E-state index contributed by atoms with van der Waals surface area (Å²) in [7, 11) is 0. The van der Waals surface area contributed by atoms with Crippen LogP contribution in [0.5, 0.6) is 5.75 Å². The molecule has 0 amide bonds. The number of ether oxygens (including phenoxy) is 1. The van der Waals surface area contributed by atoms with E-state index < -0.39 is 0 Å². The minimum Gasteiger partial charge on any atom is -0.487 e. The van der Waals surface area contributed by atoms with Crippen molar-refractivity contribution < 1.29 is 4.74 Å². The Labute approximate surface area is 147 Å². The van der Waals surface area contributed by atoms with Gasteiger partial charge in [0, 0.05) is 16.1 Å². The van der Waals surface area contributed by atoms with Crippen LogP contribution in [-0.2, 0) is 6.61 Å². The number of nitrogens with two attached hydrogens (primary N) is 1. The molecule has 2 aromatic carbocycles. The van der Waals surface area contributed by atoms with Gasteiger partial charge in [0.25, 0.3) is 0 Å². The van der Waals surface area contributed by atoms with Crippen molar-refractivity contribution in [2.75, 3.05) is 0 Å². The molecule has 2 N–H and O–H groups in total. The van der Waals surface area contributed by atoms with Gasteiger partial charge in [-0.2, -0.15) is 0 Å². The molecule has 21 heavy (non-hydrogen) atoms. The van der Waals surface area contributed by atoms with E-state index in [-0.39, 0.29) is 0 Å². The minimum absolute atomic E-state index is 0.383. The van der Waals surface area contributed by atoms with E-state index in [4.69, 9.17) is 45.9 Å². The molecule has 0 saturated carbocycles. The lowest BCUT2D eigenvalue weighted by molar-refractivity contribution is 0.305. The number of thiocarbonyl (C=S) groups is 1. The zero-order valence-electron chi connectivity index (χ0n) is 11.1. The summed E-state index contributed by atoms with van der Waals surface area (Å²) in [5, 5.41) is 1.05. The third-order valence-electron chi connectivity index (χ3n) is 2.99. The van der Waals surface area contributed by atoms with E-state index in [1.54, 1.807) is 12.1 Å². The fourth-order valence-corrected chi connectivity index (χ4v) is 2.76. The molecule has 2 nitrogen and oxygen atoms in total. The Hall–Kier alpha value is -0.810. The molecule has 2 aromatic rings. The Kier molecular flexibility index (Phi) is 5.49. The highest BCUT2D eigenvalue weighted by Crippen LogP contribution is 2.34. The summed E-state index contributed by atoms with van der Waals surface area (Å²) in [5.74, 6) is 0.544. The van der Waals surface area contributed by atoms with E-state index in [1.165, 1.54) is 0 Å². The van der Waals surface area contributed by atoms with Crippen molar-refractivity contribution in [2.24, 2.45) is 5.73 Å². The van der Waals surface area contributed by atoms with Gasteiger partial charge in [0.1, 0.15) is 17.3 Å². The van der Waals surface area contributed by atoms with Gasteiger partial charge in [0.05, 0.1) is 10.0 Å². The maximum absolute atomic E-state index is 6.13. The SMILES string of the molecule is Cc1cc(C(N)=S)ccc1COc1cc(Cl)c(Br)cc1Cl. The Bertz CT molecular complexity index is 706. The minimum atomic E-state index is 0.383. The summed E-state index contributed by atoms with van der Waals surface area (Å²) >= 11 is 20.4. The molecule has 0 spiro atoms. The summed E-state index contributed by atoms with van der Waals surface area (Å²) in [5.41, 5.74) is 8.54. The molecule has 0 aliphatic rings. The highest BCUT2D eigenvalue weighted by atomic mass is 79.9. The Morgan fingerprint density at radius 1 is 1.24 bits per heavy atom. The average molecular weight is 405 g/mol. The van der Waals surface area contributed by atoms with Gasteiger partial charge in [-0.05, 0) is 46.1 Å². The quantitative estimate of drug-likeness (QED) is 0.556. The lowest BCUT2D eigenvalue weighted by Crippen LogP contribution is -2.10. The number of aryl methyl sites for hydroxylation is 1. The van der Waals surface area contributed by atoms with Crippen LogP contribution >= 0.6 is 51.3 Å². The van der Waals surface area contributed by atoms with E-state index in [0.717, 1.165) is 21.2 Å². The first-order chi connectivity index (χ1) is 9.88. The zero-order chi connectivity index (χ0) is 15.6. The molecule has 0 radical (unpaired) electrons. The molecule has 110 valence electrons. The van der Waals surface area contributed by atoms with E-state index in [2.05, 4.69) is 15.9 Å². The topological polar surface area (TPSA) is 35.2 Å². The van der Waals surface area contributed by atoms with Crippen molar-refractivity contribution in [2.45, 2.75) is 13.5 Å². The third-order valence-corrected chi connectivity index (χ3v) is 4.71. The lowest BCUT2D eigenvalue weighted by Gasteiger charge is -2.12. The highest BCUT2D eigenvalue weighted by Gasteiger charge is 2.08.